The van der Waals surface area contributed by atoms with Gasteiger partial charge in [-0.1, -0.05) is 6.92 Å². The number of rotatable bonds is 5. The molecular formula is C14H21N5O. The van der Waals surface area contributed by atoms with E-state index in [0.29, 0.717) is 18.9 Å². The van der Waals surface area contributed by atoms with E-state index in [1.807, 2.05) is 32.5 Å². The van der Waals surface area contributed by atoms with Crippen molar-refractivity contribution in [2.24, 2.45) is 7.05 Å². The third-order valence-electron chi connectivity index (χ3n) is 3.47. The summed E-state index contributed by atoms with van der Waals surface area (Å²) >= 11 is 0. The molecule has 0 bridgehead atoms. The van der Waals surface area contributed by atoms with Crippen LogP contribution in [0.2, 0.25) is 0 Å². The summed E-state index contributed by atoms with van der Waals surface area (Å²) in [5, 5.41) is 7.49. The van der Waals surface area contributed by atoms with Crippen LogP contribution in [0, 0.1) is 13.8 Å². The highest BCUT2D eigenvalue weighted by Gasteiger charge is 2.10. The topological polar surface area (TPSA) is 64.7 Å². The second kappa shape index (κ2) is 5.90. The Morgan fingerprint density at radius 1 is 1.35 bits per heavy atom. The van der Waals surface area contributed by atoms with Gasteiger partial charge in [-0.15, -0.1) is 0 Å². The number of anilines is 1. The molecule has 108 valence electrons. The maximum atomic E-state index is 12.2. The van der Waals surface area contributed by atoms with Gasteiger partial charge in [0.25, 0.3) is 5.56 Å². The van der Waals surface area contributed by atoms with E-state index in [9.17, 15) is 4.79 Å². The quantitative estimate of drug-likeness (QED) is 0.900. The molecule has 0 atom stereocenters. The molecule has 2 heterocycles. The number of aryl methyl sites for hydroxylation is 3. The van der Waals surface area contributed by atoms with E-state index in [4.69, 9.17) is 0 Å². The van der Waals surface area contributed by atoms with Crippen LogP contribution >= 0.6 is 0 Å². The zero-order chi connectivity index (χ0) is 14.7. The lowest BCUT2D eigenvalue weighted by atomic mass is 10.2. The van der Waals surface area contributed by atoms with Gasteiger partial charge in [-0.2, -0.15) is 5.10 Å². The Morgan fingerprint density at radius 3 is 2.70 bits per heavy atom. The zero-order valence-corrected chi connectivity index (χ0v) is 12.5. The van der Waals surface area contributed by atoms with Crippen molar-refractivity contribution in [1.82, 2.24) is 19.3 Å². The SMILES string of the molecule is CCCn1ccnc(NCc2c(C)nn(C)c2C)c1=O. The van der Waals surface area contributed by atoms with Gasteiger partial charge in [0.2, 0.25) is 0 Å². The van der Waals surface area contributed by atoms with Crippen molar-refractivity contribution in [3.05, 3.63) is 39.7 Å². The second-order valence-electron chi connectivity index (χ2n) is 4.90. The van der Waals surface area contributed by atoms with Crippen LogP contribution in [-0.2, 0) is 20.1 Å². The summed E-state index contributed by atoms with van der Waals surface area (Å²) in [5.41, 5.74) is 3.11. The van der Waals surface area contributed by atoms with Gasteiger partial charge in [-0.05, 0) is 20.3 Å². The Balaban J connectivity index is 2.19. The van der Waals surface area contributed by atoms with E-state index in [1.165, 1.54) is 0 Å². The summed E-state index contributed by atoms with van der Waals surface area (Å²) in [6.07, 6.45) is 4.30. The molecule has 0 saturated heterocycles. The summed E-state index contributed by atoms with van der Waals surface area (Å²) in [4.78, 5) is 16.3. The highest BCUT2D eigenvalue weighted by atomic mass is 16.1. The summed E-state index contributed by atoms with van der Waals surface area (Å²) in [6.45, 7) is 7.30. The van der Waals surface area contributed by atoms with Crippen molar-refractivity contribution in [3.63, 3.8) is 0 Å². The predicted molar refractivity (Wildman–Crippen MR) is 78.8 cm³/mol. The van der Waals surface area contributed by atoms with E-state index < -0.39 is 0 Å². The largest absolute Gasteiger partial charge is 0.361 e. The molecule has 2 rings (SSSR count). The molecule has 6 nitrogen and oxygen atoms in total. The second-order valence-corrected chi connectivity index (χ2v) is 4.90. The molecule has 2 aromatic rings. The molecule has 6 heteroatoms. The molecule has 0 aliphatic carbocycles. The van der Waals surface area contributed by atoms with E-state index in [2.05, 4.69) is 15.4 Å². The molecule has 0 saturated carbocycles. The fourth-order valence-electron chi connectivity index (χ4n) is 2.23. The van der Waals surface area contributed by atoms with E-state index >= 15 is 0 Å². The van der Waals surface area contributed by atoms with Crippen molar-refractivity contribution in [3.8, 4) is 0 Å². The lowest BCUT2D eigenvalue weighted by Gasteiger charge is -2.08. The fourth-order valence-corrected chi connectivity index (χ4v) is 2.23. The van der Waals surface area contributed by atoms with Crippen molar-refractivity contribution in [2.45, 2.75) is 40.3 Å². The molecule has 0 aliphatic heterocycles. The van der Waals surface area contributed by atoms with Crippen LogP contribution < -0.4 is 10.9 Å². The van der Waals surface area contributed by atoms with Crippen LogP contribution in [-0.4, -0.2) is 19.3 Å². The number of hydrogen-bond donors (Lipinski definition) is 1. The Kier molecular flexibility index (Phi) is 4.22. The molecule has 0 fully saturated rings. The van der Waals surface area contributed by atoms with Crippen molar-refractivity contribution in [1.29, 1.82) is 0 Å². The Labute approximate surface area is 118 Å². The Morgan fingerprint density at radius 2 is 2.10 bits per heavy atom. The smallest absolute Gasteiger partial charge is 0.293 e. The Hall–Kier alpha value is -2.11. The van der Waals surface area contributed by atoms with Crippen LogP contribution in [0.1, 0.15) is 30.3 Å². The minimum absolute atomic E-state index is 0.0754. The van der Waals surface area contributed by atoms with Gasteiger partial charge in [0.05, 0.1) is 5.69 Å². The van der Waals surface area contributed by atoms with Crippen molar-refractivity contribution in [2.75, 3.05) is 5.32 Å². The first-order chi connectivity index (χ1) is 9.54. The van der Waals surface area contributed by atoms with Gasteiger partial charge >= 0.3 is 0 Å². The van der Waals surface area contributed by atoms with Crippen molar-refractivity contribution < 1.29 is 0 Å². The molecule has 0 aromatic carbocycles. The average molecular weight is 275 g/mol. The number of nitrogens with zero attached hydrogens (tertiary/aromatic N) is 4. The Bertz CT molecular complexity index is 656. The molecule has 0 unspecified atom stereocenters. The third kappa shape index (κ3) is 2.74. The van der Waals surface area contributed by atoms with Crippen LogP contribution in [0.25, 0.3) is 0 Å². The third-order valence-corrected chi connectivity index (χ3v) is 3.47. The van der Waals surface area contributed by atoms with Gasteiger partial charge in [-0.3, -0.25) is 9.48 Å². The number of hydrogen-bond acceptors (Lipinski definition) is 4. The van der Waals surface area contributed by atoms with E-state index in [0.717, 1.165) is 23.4 Å². The van der Waals surface area contributed by atoms with Gasteiger partial charge in [0.1, 0.15) is 0 Å². The minimum Gasteiger partial charge on any atom is -0.361 e. The van der Waals surface area contributed by atoms with Gasteiger partial charge < -0.3 is 9.88 Å². The average Bonchev–Trinajstić information content (AvgIpc) is 2.65. The zero-order valence-electron chi connectivity index (χ0n) is 12.5. The van der Waals surface area contributed by atoms with E-state index in [-0.39, 0.29) is 5.56 Å². The highest BCUT2D eigenvalue weighted by Crippen LogP contribution is 2.12. The first-order valence-electron chi connectivity index (χ1n) is 6.83. The summed E-state index contributed by atoms with van der Waals surface area (Å²) in [5.74, 6) is 0.392. The van der Waals surface area contributed by atoms with Gasteiger partial charge in [0.15, 0.2) is 5.82 Å². The van der Waals surface area contributed by atoms with Crippen LogP contribution in [0.4, 0.5) is 5.82 Å². The molecule has 0 spiro atoms. The lowest BCUT2D eigenvalue weighted by Crippen LogP contribution is -2.24. The fraction of sp³-hybridized carbons (Fsp3) is 0.500. The molecule has 1 N–H and O–H groups in total. The standard InChI is InChI=1S/C14H21N5O/c1-5-7-19-8-6-15-13(14(19)20)16-9-12-10(2)17-18(4)11(12)3/h6,8H,5,7,9H2,1-4H3,(H,15,16). The van der Waals surface area contributed by atoms with Crippen LogP contribution in [0.3, 0.4) is 0 Å². The summed E-state index contributed by atoms with van der Waals surface area (Å²) in [6, 6.07) is 0. The maximum absolute atomic E-state index is 12.2. The summed E-state index contributed by atoms with van der Waals surface area (Å²) in [7, 11) is 1.92. The van der Waals surface area contributed by atoms with Gasteiger partial charge in [-0.25, -0.2) is 4.98 Å². The van der Waals surface area contributed by atoms with Crippen LogP contribution in [0.5, 0.6) is 0 Å². The molecule has 20 heavy (non-hydrogen) atoms. The molecule has 0 aliphatic rings. The van der Waals surface area contributed by atoms with E-state index in [1.54, 1.807) is 17.0 Å². The first kappa shape index (κ1) is 14.3. The lowest BCUT2D eigenvalue weighted by molar-refractivity contribution is 0.649. The van der Waals surface area contributed by atoms with Gasteiger partial charge in [0, 0.05) is 43.8 Å². The monoisotopic (exact) mass is 275 g/mol. The maximum Gasteiger partial charge on any atom is 0.293 e. The highest BCUT2D eigenvalue weighted by molar-refractivity contribution is 5.35. The summed E-state index contributed by atoms with van der Waals surface area (Å²) < 4.78 is 3.53. The first-order valence-corrected chi connectivity index (χ1v) is 6.83. The molecule has 0 amide bonds. The number of aromatic nitrogens is 4. The minimum atomic E-state index is -0.0754. The van der Waals surface area contributed by atoms with Crippen molar-refractivity contribution >= 4 is 5.82 Å². The predicted octanol–water partition coefficient (Wildman–Crippen LogP) is 1.62. The molecule has 2 aromatic heterocycles. The normalized spacial score (nSPS) is 10.8. The molecular weight excluding hydrogens is 254 g/mol. The van der Waals surface area contributed by atoms with Crippen LogP contribution in [0.15, 0.2) is 17.2 Å². The molecule has 0 radical (unpaired) electrons. The number of nitrogens with one attached hydrogen (secondary N) is 1.